The number of hydrogen-bond acceptors (Lipinski definition) is 5. The Bertz CT molecular complexity index is 1360. The van der Waals surface area contributed by atoms with Crippen molar-refractivity contribution in [2.75, 3.05) is 11.9 Å². The van der Waals surface area contributed by atoms with Crippen LogP contribution in [0.5, 0.6) is 11.5 Å². The van der Waals surface area contributed by atoms with E-state index in [4.69, 9.17) is 9.47 Å². The summed E-state index contributed by atoms with van der Waals surface area (Å²) in [5, 5.41) is 2.89. The van der Waals surface area contributed by atoms with Crippen LogP contribution in [0.25, 0.3) is 5.65 Å². The molecule has 0 spiro atoms. The molecular formula is C26H25N3O4. The SMILES string of the molecule is CCOc1ccc(C(=O)Nc2ccc(C)c(OCc3cc(=O)n4cccc(C)c4n3)c2)cc1. The molecule has 168 valence electrons. The lowest BCUT2D eigenvalue weighted by Gasteiger charge is -2.12. The first-order valence-electron chi connectivity index (χ1n) is 10.7. The highest BCUT2D eigenvalue weighted by Gasteiger charge is 2.10. The summed E-state index contributed by atoms with van der Waals surface area (Å²) in [5.74, 6) is 1.09. The molecule has 0 unspecified atom stereocenters. The van der Waals surface area contributed by atoms with Gasteiger partial charge in [0.05, 0.1) is 12.3 Å². The lowest BCUT2D eigenvalue weighted by atomic mass is 10.1. The molecule has 0 aliphatic carbocycles. The molecule has 7 nitrogen and oxygen atoms in total. The monoisotopic (exact) mass is 443 g/mol. The number of aryl methyl sites for hydroxylation is 2. The van der Waals surface area contributed by atoms with Crippen molar-refractivity contribution in [1.82, 2.24) is 9.38 Å². The smallest absolute Gasteiger partial charge is 0.258 e. The van der Waals surface area contributed by atoms with Crippen molar-refractivity contribution in [2.45, 2.75) is 27.4 Å². The molecule has 1 N–H and O–H groups in total. The van der Waals surface area contributed by atoms with E-state index >= 15 is 0 Å². The van der Waals surface area contributed by atoms with Gasteiger partial charge in [-0.3, -0.25) is 14.0 Å². The molecule has 0 aliphatic rings. The maximum Gasteiger partial charge on any atom is 0.258 e. The predicted molar refractivity (Wildman–Crippen MR) is 127 cm³/mol. The van der Waals surface area contributed by atoms with Crippen molar-refractivity contribution in [2.24, 2.45) is 0 Å². The zero-order chi connectivity index (χ0) is 23.4. The van der Waals surface area contributed by atoms with Crippen LogP contribution in [0.2, 0.25) is 0 Å². The number of nitrogens with one attached hydrogen (secondary N) is 1. The van der Waals surface area contributed by atoms with Crippen molar-refractivity contribution >= 4 is 17.2 Å². The first-order valence-corrected chi connectivity index (χ1v) is 10.7. The summed E-state index contributed by atoms with van der Waals surface area (Å²) in [5.41, 5.74) is 3.94. The van der Waals surface area contributed by atoms with Gasteiger partial charge in [-0.2, -0.15) is 0 Å². The Labute approximate surface area is 191 Å². The highest BCUT2D eigenvalue weighted by atomic mass is 16.5. The van der Waals surface area contributed by atoms with E-state index < -0.39 is 0 Å². The lowest BCUT2D eigenvalue weighted by Crippen LogP contribution is -2.17. The van der Waals surface area contributed by atoms with Crippen LogP contribution in [-0.4, -0.2) is 21.9 Å². The van der Waals surface area contributed by atoms with Crippen LogP contribution in [0, 0.1) is 13.8 Å². The van der Waals surface area contributed by atoms with Crippen LogP contribution in [0.3, 0.4) is 0 Å². The summed E-state index contributed by atoms with van der Waals surface area (Å²) >= 11 is 0. The molecule has 2 aromatic carbocycles. The summed E-state index contributed by atoms with van der Waals surface area (Å²) in [4.78, 5) is 29.6. The van der Waals surface area contributed by atoms with Crippen molar-refractivity contribution in [3.8, 4) is 11.5 Å². The number of anilines is 1. The Balaban J connectivity index is 1.48. The number of pyridine rings is 1. The van der Waals surface area contributed by atoms with Crippen LogP contribution in [-0.2, 0) is 6.61 Å². The van der Waals surface area contributed by atoms with E-state index in [0.29, 0.717) is 34.9 Å². The topological polar surface area (TPSA) is 81.9 Å². The first-order chi connectivity index (χ1) is 15.9. The molecule has 0 atom stereocenters. The largest absolute Gasteiger partial charge is 0.494 e. The fraction of sp³-hybridized carbons (Fsp3) is 0.192. The minimum absolute atomic E-state index is 0.136. The molecular weight excluding hydrogens is 418 g/mol. The molecule has 0 radical (unpaired) electrons. The molecule has 0 aliphatic heterocycles. The van der Waals surface area contributed by atoms with E-state index in [1.807, 2.05) is 45.0 Å². The number of aromatic nitrogens is 2. The number of carbonyl (C=O) groups excluding carboxylic acids is 1. The Hall–Kier alpha value is -4.13. The van der Waals surface area contributed by atoms with Crippen molar-refractivity contribution < 1.29 is 14.3 Å². The highest BCUT2D eigenvalue weighted by molar-refractivity contribution is 6.04. The van der Waals surface area contributed by atoms with Gasteiger partial charge in [0.25, 0.3) is 11.5 Å². The van der Waals surface area contributed by atoms with E-state index in [1.54, 1.807) is 36.5 Å². The molecule has 2 heterocycles. The molecule has 0 fully saturated rings. The summed E-state index contributed by atoms with van der Waals surface area (Å²) in [7, 11) is 0. The van der Waals surface area contributed by atoms with Crippen molar-refractivity contribution in [3.63, 3.8) is 0 Å². The number of hydrogen-bond donors (Lipinski definition) is 1. The van der Waals surface area contributed by atoms with Crippen LogP contribution in [0.4, 0.5) is 5.69 Å². The molecule has 0 saturated heterocycles. The van der Waals surface area contributed by atoms with Crippen molar-refractivity contribution in [3.05, 3.63) is 99.6 Å². The zero-order valence-corrected chi connectivity index (χ0v) is 18.8. The number of fused-ring (bicyclic) bond motifs is 1. The second-order valence-corrected chi connectivity index (χ2v) is 7.65. The number of ether oxygens (including phenoxy) is 2. The van der Waals surface area contributed by atoms with E-state index in [1.165, 1.54) is 10.5 Å². The van der Waals surface area contributed by atoms with Gasteiger partial charge in [-0.15, -0.1) is 0 Å². The van der Waals surface area contributed by atoms with E-state index in [-0.39, 0.29) is 18.1 Å². The highest BCUT2D eigenvalue weighted by Crippen LogP contribution is 2.24. The first kappa shape index (κ1) is 22.1. The molecule has 1 amide bonds. The Morgan fingerprint density at radius 1 is 1.00 bits per heavy atom. The average Bonchev–Trinajstić information content (AvgIpc) is 2.81. The zero-order valence-electron chi connectivity index (χ0n) is 18.8. The van der Waals surface area contributed by atoms with Gasteiger partial charge >= 0.3 is 0 Å². The number of benzene rings is 2. The second-order valence-electron chi connectivity index (χ2n) is 7.65. The van der Waals surface area contributed by atoms with Gasteiger partial charge in [0, 0.05) is 29.6 Å². The minimum Gasteiger partial charge on any atom is -0.494 e. The molecule has 33 heavy (non-hydrogen) atoms. The van der Waals surface area contributed by atoms with E-state index in [2.05, 4.69) is 10.3 Å². The predicted octanol–water partition coefficient (Wildman–Crippen LogP) is 4.54. The maximum atomic E-state index is 12.6. The van der Waals surface area contributed by atoms with Gasteiger partial charge in [0.1, 0.15) is 23.8 Å². The number of rotatable bonds is 7. The quantitative estimate of drug-likeness (QED) is 0.453. The standard InChI is InChI=1S/C26H25N3O4/c1-4-32-22-11-8-19(9-12-22)26(31)28-20-10-7-17(2)23(14-20)33-16-21-15-24(30)29-13-5-6-18(3)25(29)27-21/h5-15H,4,16H2,1-3H3,(H,28,31). The summed E-state index contributed by atoms with van der Waals surface area (Å²) in [6.07, 6.45) is 1.70. The average molecular weight is 444 g/mol. The van der Waals surface area contributed by atoms with Gasteiger partial charge < -0.3 is 14.8 Å². The Kier molecular flexibility index (Phi) is 6.40. The second kappa shape index (κ2) is 9.56. The summed E-state index contributed by atoms with van der Waals surface area (Å²) < 4.78 is 12.9. The van der Waals surface area contributed by atoms with Gasteiger partial charge in [-0.25, -0.2) is 4.98 Å². The molecule has 4 rings (SSSR count). The van der Waals surface area contributed by atoms with Crippen molar-refractivity contribution in [1.29, 1.82) is 0 Å². The number of carbonyl (C=O) groups is 1. The van der Waals surface area contributed by atoms with Gasteiger partial charge in [-0.1, -0.05) is 12.1 Å². The van der Waals surface area contributed by atoms with Crippen LogP contribution in [0.1, 0.15) is 34.1 Å². The third-order valence-electron chi connectivity index (χ3n) is 5.19. The molecule has 2 aromatic heterocycles. The Morgan fingerprint density at radius 2 is 1.79 bits per heavy atom. The van der Waals surface area contributed by atoms with Crippen LogP contribution >= 0.6 is 0 Å². The van der Waals surface area contributed by atoms with E-state index in [9.17, 15) is 9.59 Å². The number of amides is 1. The molecule has 0 saturated carbocycles. The molecule has 0 bridgehead atoms. The normalized spacial score (nSPS) is 10.8. The third-order valence-corrected chi connectivity index (χ3v) is 5.19. The Morgan fingerprint density at radius 3 is 2.55 bits per heavy atom. The fourth-order valence-corrected chi connectivity index (χ4v) is 3.44. The van der Waals surface area contributed by atoms with Gasteiger partial charge in [0.2, 0.25) is 0 Å². The van der Waals surface area contributed by atoms with Crippen LogP contribution in [0.15, 0.2) is 71.7 Å². The molecule has 7 heteroatoms. The lowest BCUT2D eigenvalue weighted by molar-refractivity contribution is 0.102. The fourth-order valence-electron chi connectivity index (χ4n) is 3.44. The minimum atomic E-state index is -0.229. The number of nitrogens with zero attached hydrogens (tertiary/aromatic N) is 2. The summed E-state index contributed by atoms with van der Waals surface area (Å²) in [6, 6.07) is 17.6. The third kappa shape index (κ3) is 5.03. The van der Waals surface area contributed by atoms with Gasteiger partial charge in [0.15, 0.2) is 0 Å². The van der Waals surface area contributed by atoms with Gasteiger partial charge in [-0.05, 0) is 68.3 Å². The molecule has 4 aromatic rings. The van der Waals surface area contributed by atoms with Crippen LogP contribution < -0.4 is 20.3 Å². The summed E-state index contributed by atoms with van der Waals surface area (Å²) in [6.45, 7) is 6.44. The maximum absolute atomic E-state index is 12.6. The van der Waals surface area contributed by atoms with E-state index in [0.717, 1.165) is 16.9 Å².